The highest BCUT2D eigenvalue weighted by atomic mass is 16.5. The summed E-state index contributed by atoms with van der Waals surface area (Å²) < 4.78 is 7.58. The maximum absolute atomic E-state index is 8.77. The van der Waals surface area contributed by atoms with Gasteiger partial charge in [0.2, 0.25) is 0 Å². The summed E-state index contributed by atoms with van der Waals surface area (Å²) in [6.07, 6.45) is 0.188. The molecule has 1 unspecified atom stereocenters. The van der Waals surface area contributed by atoms with Crippen molar-refractivity contribution < 1.29 is 4.74 Å². The lowest BCUT2D eigenvalue weighted by atomic mass is 10.2. The zero-order valence-corrected chi connectivity index (χ0v) is 8.27. The molecular formula is C11H9N3O. The minimum atomic E-state index is 0.188. The van der Waals surface area contributed by atoms with Gasteiger partial charge in [0, 0.05) is 0 Å². The molecule has 2 heterocycles. The number of imidazole rings is 1. The highest BCUT2D eigenvalue weighted by Crippen LogP contribution is 2.27. The predicted octanol–water partition coefficient (Wildman–Crippen LogP) is 1.69. The minimum Gasteiger partial charge on any atom is -0.460 e. The van der Waals surface area contributed by atoms with Crippen LogP contribution in [-0.4, -0.2) is 15.7 Å². The monoisotopic (exact) mass is 199 g/mol. The molecule has 1 aromatic heterocycles. The Morgan fingerprint density at radius 1 is 1.60 bits per heavy atom. The smallest absolute Gasteiger partial charge is 0.297 e. The SMILES string of the molecule is CC1Cn2c(nc3cc(C#N)ccc32)O1. The molecule has 1 aliphatic heterocycles. The van der Waals surface area contributed by atoms with Crippen LogP contribution in [0.4, 0.5) is 0 Å². The third kappa shape index (κ3) is 1.10. The molecule has 1 atom stereocenters. The first-order valence-corrected chi connectivity index (χ1v) is 4.85. The Hall–Kier alpha value is -2.02. The van der Waals surface area contributed by atoms with Gasteiger partial charge in [-0.2, -0.15) is 10.2 Å². The van der Waals surface area contributed by atoms with Crippen molar-refractivity contribution in [1.29, 1.82) is 5.26 Å². The number of fused-ring (bicyclic) bond motifs is 3. The maximum atomic E-state index is 8.77. The first-order chi connectivity index (χ1) is 7.28. The summed E-state index contributed by atoms with van der Waals surface area (Å²) in [5, 5.41) is 8.77. The van der Waals surface area contributed by atoms with Gasteiger partial charge >= 0.3 is 0 Å². The number of aromatic nitrogens is 2. The quantitative estimate of drug-likeness (QED) is 0.648. The normalized spacial score (nSPS) is 18.5. The third-order valence-electron chi connectivity index (χ3n) is 2.59. The number of rotatable bonds is 0. The summed E-state index contributed by atoms with van der Waals surface area (Å²) >= 11 is 0. The molecule has 2 aromatic rings. The Morgan fingerprint density at radius 3 is 3.27 bits per heavy atom. The number of nitriles is 1. The Balaban J connectivity index is 2.25. The summed E-state index contributed by atoms with van der Waals surface area (Å²) in [5.74, 6) is 0. The second kappa shape index (κ2) is 2.74. The number of benzene rings is 1. The maximum Gasteiger partial charge on any atom is 0.297 e. The standard InChI is InChI=1S/C11H9N3O/c1-7-6-14-10-3-2-8(5-12)4-9(10)13-11(14)15-7/h2-4,7H,6H2,1H3. The van der Waals surface area contributed by atoms with Gasteiger partial charge in [0.25, 0.3) is 6.01 Å². The highest BCUT2D eigenvalue weighted by molar-refractivity contribution is 5.78. The summed E-state index contributed by atoms with van der Waals surface area (Å²) in [5.41, 5.74) is 2.50. The van der Waals surface area contributed by atoms with Crippen molar-refractivity contribution in [3.63, 3.8) is 0 Å². The summed E-state index contributed by atoms with van der Waals surface area (Å²) in [6.45, 7) is 2.85. The lowest BCUT2D eigenvalue weighted by Crippen LogP contribution is -2.08. The largest absolute Gasteiger partial charge is 0.460 e. The van der Waals surface area contributed by atoms with Crippen LogP contribution in [0.1, 0.15) is 12.5 Å². The van der Waals surface area contributed by atoms with Crippen molar-refractivity contribution in [2.75, 3.05) is 0 Å². The van der Waals surface area contributed by atoms with Gasteiger partial charge in [-0.1, -0.05) is 0 Å². The topological polar surface area (TPSA) is 50.8 Å². The summed E-state index contributed by atoms with van der Waals surface area (Å²) in [6, 6.07) is 8.28. The van der Waals surface area contributed by atoms with E-state index in [1.807, 2.05) is 17.6 Å². The van der Waals surface area contributed by atoms with E-state index in [0.717, 1.165) is 17.6 Å². The van der Waals surface area contributed by atoms with Gasteiger partial charge in [0.15, 0.2) is 0 Å². The van der Waals surface area contributed by atoms with E-state index in [2.05, 4.69) is 11.1 Å². The molecule has 0 bridgehead atoms. The van der Waals surface area contributed by atoms with Crippen LogP contribution >= 0.6 is 0 Å². The Bertz CT molecular complexity index is 579. The van der Waals surface area contributed by atoms with Crippen LogP contribution in [0.25, 0.3) is 11.0 Å². The molecule has 15 heavy (non-hydrogen) atoms. The van der Waals surface area contributed by atoms with E-state index in [9.17, 15) is 0 Å². The van der Waals surface area contributed by atoms with Crippen molar-refractivity contribution in [2.45, 2.75) is 19.6 Å². The highest BCUT2D eigenvalue weighted by Gasteiger charge is 2.22. The van der Waals surface area contributed by atoms with Gasteiger partial charge in [-0.05, 0) is 25.1 Å². The first kappa shape index (κ1) is 8.30. The molecule has 0 N–H and O–H groups in total. The van der Waals surface area contributed by atoms with Crippen LogP contribution in [0, 0.1) is 11.3 Å². The Kier molecular flexibility index (Phi) is 1.51. The lowest BCUT2D eigenvalue weighted by molar-refractivity contribution is 0.246. The van der Waals surface area contributed by atoms with E-state index in [1.54, 1.807) is 12.1 Å². The van der Waals surface area contributed by atoms with Crippen molar-refractivity contribution in [2.24, 2.45) is 0 Å². The van der Waals surface area contributed by atoms with Crippen LogP contribution in [0.15, 0.2) is 18.2 Å². The average Bonchev–Trinajstić information content (AvgIpc) is 2.72. The molecule has 0 fully saturated rings. The fraction of sp³-hybridized carbons (Fsp3) is 0.273. The first-order valence-electron chi connectivity index (χ1n) is 4.85. The molecule has 1 aliphatic rings. The Morgan fingerprint density at radius 2 is 2.47 bits per heavy atom. The van der Waals surface area contributed by atoms with Crippen LogP contribution in [0.5, 0.6) is 6.01 Å². The van der Waals surface area contributed by atoms with E-state index in [0.29, 0.717) is 11.6 Å². The second-order valence-corrected chi connectivity index (χ2v) is 3.75. The molecule has 0 saturated carbocycles. The molecule has 0 aliphatic carbocycles. The van der Waals surface area contributed by atoms with Crippen LogP contribution in [0.3, 0.4) is 0 Å². The van der Waals surface area contributed by atoms with Gasteiger partial charge in [-0.3, -0.25) is 4.57 Å². The van der Waals surface area contributed by atoms with Crippen molar-refractivity contribution in [1.82, 2.24) is 9.55 Å². The lowest BCUT2D eigenvalue weighted by Gasteiger charge is -1.99. The molecule has 0 radical (unpaired) electrons. The molecule has 0 spiro atoms. The van der Waals surface area contributed by atoms with E-state index in [1.165, 1.54) is 0 Å². The zero-order chi connectivity index (χ0) is 10.4. The number of nitrogens with zero attached hydrogens (tertiary/aromatic N) is 3. The fourth-order valence-electron chi connectivity index (χ4n) is 1.92. The minimum absolute atomic E-state index is 0.188. The molecule has 0 amide bonds. The number of hydrogen-bond donors (Lipinski definition) is 0. The zero-order valence-electron chi connectivity index (χ0n) is 8.27. The van der Waals surface area contributed by atoms with Gasteiger partial charge in [0.1, 0.15) is 6.10 Å². The van der Waals surface area contributed by atoms with Gasteiger partial charge < -0.3 is 4.74 Å². The summed E-state index contributed by atoms with van der Waals surface area (Å²) in [4.78, 5) is 4.34. The predicted molar refractivity (Wildman–Crippen MR) is 54.5 cm³/mol. The van der Waals surface area contributed by atoms with Crippen LogP contribution < -0.4 is 4.74 Å². The molecule has 1 aromatic carbocycles. The number of ether oxygens (including phenoxy) is 1. The van der Waals surface area contributed by atoms with Crippen LogP contribution in [-0.2, 0) is 6.54 Å². The van der Waals surface area contributed by atoms with E-state index in [4.69, 9.17) is 10.00 Å². The Labute approximate surface area is 86.7 Å². The van der Waals surface area contributed by atoms with Gasteiger partial charge in [0.05, 0.1) is 29.2 Å². The van der Waals surface area contributed by atoms with Crippen molar-refractivity contribution in [3.8, 4) is 12.1 Å². The van der Waals surface area contributed by atoms with Crippen LogP contribution in [0.2, 0.25) is 0 Å². The molecule has 3 rings (SSSR count). The van der Waals surface area contributed by atoms with E-state index in [-0.39, 0.29) is 6.10 Å². The second-order valence-electron chi connectivity index (χ2n) is 3.75. The molecular weight excluding hydrogens is 190 g/mol. The summed E-state index contributed by atoms with van der Waals surface area (Å²) in [7, 11) is 0. The van der Waals surface area contributed by atoms with E-state index >= 15 is 0 Å². The van der Waals surface area contributed by atoms with Gasteiger partial charge in [-0.15, -0.1) is 0 Å². The molecule has 4 nitrogen and oxygen atoms in total. The number of hydrogen-bond acceptors (Lipinski definition) is 3. The molecule has 74 valence electrons. The third-order valence-corrected chi connectivity index (χ3v) is 2.59. The molecule has 0 saturated heterocycles. The fourth-order valence-corrected chi connectivity index (χ4v) is 1.92. The van der Waals surface area contributed by atoms with Gasteiger partial charge in [-0.25, -0.2) is 0 Å². The van der Waals surface area contributed by atoms with E-state index < -0.39 is 0 Å². The average molecular weight is 199 g/mol. The molecule has 4 heteroatoms. The van der Waals surface area contributed by atoms with Crippen molar-refractivity contribution in [3.05, 3.63) is 23.8 Å². The van der Waals surface area contributed by atoms with Crippen molar-refractivity contribution >= 4 is 11.0 Å².